The molecule has 6 heteroatoms. The number of hydrogen-bond acceptors (Lipinski definition) is 4. The van der Waals surface area contributed by atoms with E-state index in [1.54, 1.807) is 24.3 Å². The molecular weight excluding hydrogens is 274 g/mol. The predicted octanol–water partition coefficient (Wildman–Crippen LogP) is 2.71. The monoisotopic (exact) mass is 287 g/mol. The lowest BCUT2D eigenvalue weighted by Gasteiger charge is -2.13. The van der Waals surface area contributed by atoms with E-state index in [1.165, 1.54) is 24.3 Å². The molecular formula is C15H13NO5. The highest BCUT2D eigenvalue weighted by atomic mass is 16.6. The third-order valence-electron chi connectivity index (χ3n) is 3.18. The SMILES string of the molecule is O=C(O)C(Cc1ccc([N+](=O)[O-])cc1)c1ccc(O)cc1. The Kier molecular flexibility index (Phi) is 4.18. The van der Waals surface area contributed by atoms with Crippen LogP contribution in [0.2, 0.25) is 0 Å². The highest BCUT2D eigenvalue weighted by molar-refractivity contribution is 5.76. The van der Waals surface area contributed by atoms with Crippen molar-refractivity contribution in [2.75, 3.05) is 0 Å². The van der Waals surface area contributed by atoms with Gasteiger partial charge >= 0.3 is 5.97 Å². The molecule has 2 rings (SSSR count). The molecule has 0 aromatic heterocycles. The molecule has 21 heavy (non-hydrogen) atoms. The van der Waals surface area contributed by atoms with Crippen LogP contribution in [0, 0.1) is 10.1 Å². The standard InChI is InChI=1S/C15H13NO5/c17-13-7-3-11(4-8-13)14(15(18)19)9-10-1-5-12(6-2-10)16(20)21/h1-8,14,17H,9H2,(H,18,19). The summed E-state index contributed by atoms with van der Waals surface area (Å²) in [5.41, 5.74) is 1.23. The quantitative estimate of drug-likeness (QED) is 0.650. The Labute approximate surface area is 120 Å². The molecule has 2 N–H and O–H groups in total. The molecule has 1 unspecified atom stereocenters. The maximum absolute atomic E-state index is 11.4. The number of non-ortho nitro benzene ring substituents is 1. The number of aliphatic carboxylic acids is 1. The number of rotatable bonds is 5. The molecule has 0 spiro atoms. The second-order valence-corrected chi connectivity index (χ2v) is 4.61. The van der Waals surface area contributed by atoms with E-state index in [0.29, 0.717) is 11.1 Å². The van der Waals surface area contributed by atoms with Crippen molar-refractivity contribution >= 4 is 11.7 Å². The van der Waals surface area contributed by atoms with Gasteiger partial charge in [0.25, 0.3) is 5.69 Å². The minimum Gasteiger partial charge on any atom is -0.508 e. The summed E-state index contributed by atoms with van der Waals surface area (Å²) in [5, 5.41) is 29.2. The summed E-state index contributed by atoms with van der Waals surface area (Å²) < 4.78 is 0. The summed E-state index contributed by atoms with van der Waals surface area (Å²) in [6.45, 7) is 0. The van der Waals surface area contributed by atoms with Crippen LogP contribution in [-0.2, 0) is 11.2 Å². The Bertz CT molecular complexity index is 649. The van der Waals surface area contributed by atoms with Gasteiger partial charge in [-0.25, -0.2) is 0 Å². The summed E-state index contributed by atoms with van der Waals surface area (Å²) >= 11 is 0. The number of nitrogens with zero attached hydrogens (tertiary/aromatic N) is 1. The molecule has 0 aliphatic rings. The summed E-state index contributed by atoms with van der Waals surface area (Å²) in [6.07, 6.45) is 0.220. The van der Waals surface area contributed by atoms with Crippen LogP contribution in [0.15, 0.2) is 48.5 Å². The van der Waals surface area contributed by atoms with Gasteiger partial charge in [0, 0.05) is 12.1 Å². The van der Waals surface area contributed by atoms with Crippen LogP contribution in [-0.4, -0.2) is 21.1 Å². The van der Waals surface area contributed by atoms with Crippen LogP contribution < -0.4 is 0 Å². The van der Waals surface area contributed by atoms with E-state index in [1.807, 2.05) is 0 Å². The minimum atomic E-state index is -0.987. The van der Waals surface area contributed by atoms with Gasteiger partial charge in [0.1, 0.15) is 5.75 Å². The van der Waals surface area contributed by atoms with Crippen molar-refractivity contribution in [2.24, 2.45) is 0 Å². The van der Waals surface area contributed by atoms with Crippen molar-refractivity contribution in [3.63, 3.8) is 0 Å². The van der Waals surface area contributed by atoms with E-state index in [2.05, 4.69) is 0 Å². The number of carbonyl (C=O) groups is 1. The van der Waals surface area contributed by atoms with E-state index < -0.39 is 16.8 Å². The Hall–Kier alpha value is -2.89. The lowest BCUT2D eigenvalue weighted by molar-refractivity contribution is -0.384. The number of hydrogen-bond donors (Lipinski definition) is 2. The maximum atomic E-state index is 11.4. The number of aromatic hydroxyl groups is 1. The summed E-state index contributed by atoms with van der Waals surface area (Å²) in [7, 11) is 0. The fourth-order valence-corrected chi connectivity index (χ4v) is 2.04. The molecule has 108 valence electrons. The average molecular weight is 287 g/mol. The van der Waals surface area contributed by atoms with Gasteiger partial charge in [-0.05, 0) is 29.7 Å². The van der Waals surface area contributed by atoms with Crippen molar-refractivity contribution in [3.05, 3.63) is 69.8 Å². The molecule has 0 aliphatic carbocycles. The van der Waals surface area contributed by atoms with Crippen molar-refractivity contribution in [1.29, 1.82) is 0 Å². The van der Waals surface area contributed by atoms with E-state index in [4.69, 9.17) is 0 Å². The Morgan fingerprint density at radius 1 is 1.10 bits per heavy atom. The highest BCUT2D eigenvalue weighted by Crippen LogP contribution is 2.24. The van der Waals surface area contributed by atoms with Gasteiger partial charge in [-0.1, -0.05) is 24.3 Å². The second-order valence-electron chi connectivity index (χ2n) is 4.61. The zero-order valence-electron chi connectivity index (χ0n) is 11.0. The average Bonchev–Trinajstić information content (AvgIpc) is 2.46. The van der Waals surface area contributed by atoms with Gasteiger partial charge in [0.05, 0.1) is 10.8 Å². The molecule has 2 aromatic rings. The van der Waals surface area contributed by atoms with Crippen molar-refractivity contribution < 1.29 is 19.9 Å². The maximum Gasteiger partial charge on any atom is 0.311 e. The number of phenolic OH excluding ortho intramolecular Hbond substituents is 1. The van der Waals surface area contributed by atoms with Crippen LogP contribution >= 0.6 is 0 Å². The summed E-state index contributed by atoms with van der Waals surface area (Å²) in [6, 6.07) is 11.8. The number of nitro benzene ring substituents is 1. The third kappa shape index (κ3) is 3.56. The number of benzene rings is 2. The van der Waals surface area contributed by atoms with Crippen LogP contribution in [0.5, 0.6) is 5.75 Å². The largest absolute Gasteiger partial charge is 0.508 e. The first kappa shape index (κ1) is 14.5. The lowest BCUT2D eigenvalue weighted by atomic mass is 9.92. The summed E-state index contributed by atoms with van der Waals surface area (Å²) in [5.74, 6) is -1.69. The van der Waals surface area contributed by atoms with Crippen LogP contribution in [0.25, 0.3) is 0 Å². The first-order chi connectivity index (χ1) is 9.97. The molecule has 1 atom stereocenters. The number of nitro groups is 1. The normalized spacial score (nSPS) is 11.8. The van der Waals surface area contributed by atoms with Crippen molar-refractivity contribution in [1.82, 2.24) is 0 Å². The van der Waals surface area contributed by atoms with E-state index >= 15 is 0 Å². The number of phenols is 1. The van der Waals surface area contributed by atoms with Gasteiger partial charge in [-0.15, -0.1) is 0 Å². The van der Waals surface area contributed by atoms with Gasteiger partial charge in [0.15, 0.2) is 0 Å². The van der Waals surface area contributed by atoms with Crippen molar-refractivity contribution in [3.8, 4) is 5.75 Å². The van der Waals surface area contributed by atoms with E-state index in [0.717, 1.165) is 0 Å². The zero-order valence-corrected chi connectivity index (χ0v) is 11.0. The third-order valence-corrected chi connectivity index (χ3v) is 3.18. The predicted molar refractivity (Wildman–Crippen MR) is 75.3 cm³/mol. The molecule has 0 saturated heterocycles. The molecule has 0 fully saturated rings. The highest BCUT2D eigenvalue weighted by Gasteiger charge is 2.20. The second kappa shape index (κ2) is 6.04. The van der Waals surface area contributed by atoms with Gasteiger partial charge in [0.2, 0.25) is 0 Å². The van der Waals surface area contributed by atoms with Crippen LogP contribution in [0.4, 0.5) is 5.69 Å². The van der Waals surface area contributed by atoms with Gasteiger partial charge in [-0.2, -0.15) is 0 Å². The number of carboxylic acids is 1. The topological polar surface area (TPSA) is 101 Å². The first-order valence-electron chi connectivity index (χ1n) is 6.22. The molecule has 0 amide bonds. The minimum absolute atomic E-state index is 0.0322. The Morgan fingerprint density at radius 2 is 1.67 bits per heavy atom. The number of carboxylic acid groups (broad SMARTS) is 1. The van der Waals surface area contributed by atoms with Crippen LogP contribution in [0.3, 0.4) is 0 Å². The Morgan fingerprint density at radius 3 is 2.14 bits per heavy atom. The fraction of sp³-hybridized carbons (Fsp3) is 0.133. The van der Waals surface area contributed by atoms with Crippen molar-refractivity contribution in [2.45, 2.75) is 12.3 Å². The van der Waals surface area contributed by atoms with Crippen LogP contribution in [0.1, 0.15) is 17.0 Å². The molecule has 0 saturated carbocycles. The molecule has 0 bridgehead atoms. The van der Waals surface area contributed by atoms with E-state index in [-0.39, 0.29) is 17.9 Å². The lowest BCUT2D eigenvalue weighted by Crippen LogP contribution is -2.14. The summed E-state index contributed by atoms with van der Waals surface area (Å²) in [4.78, 5) is 21.5. The molecule has 6 nitrogen and oxygen atoms in total. The molecule has 2 aromatic carbocycles. The Balaban J connectivity index is 2.22. The first-order valence-corrected chi connectivity index (χ1v) is 6.22. The fourth-order valence-electron chi connectivity index (χ4n) is 2.04. The molecule has 0 heterocycles. The smallest absolute Gasteiger partial charge is 0.311 e. The molecule has 0 radical (unpaired) electrons. The van der Waals surface area contributed by atoms with Gasteiger partial charge in [-0.3, -0.25) is 14.9 Å². The molecule has 0 aliphatic heterocycles. The van der Waals surface area contributed by atoms with E-state index in [9.17, 15) is 25.1 Å². The zero-order chi connectivity index (χ0) is 15.4. The van der Waals surface area contributed by atoms with Gasteiger partial charge < -0.3 is 10.2 Å².